The molecule has 3 aromatic heterocycles. The highest BCUT2D eigenvalue weighted by molar-refractivity contribution is 7.18. The molecule has 4 heterocycles. The number of nitrogens with one attached hydrogen (secondary N) is 3. The zero-order valence-electron chi connectivity index (χ0n) is 24.7. The minimum Gasteiger partial charge on any atom is -0.490 e. The molecule has 7 rings (SSSR count). The number of benzene rings is 2. The van der Waals surface area contributed by atoms with Crippen molar-refractivity contribution in [2.45, 2.75) is 37.8 Å². The summed E-state index contributed by atoms with van der Waals surface area (Å²) in [6, 6.07) is 11.0. The molecule has 4 N–H and O–H groups in total. The van der Waals surface area contributed by atoms with Gasteiger partial charge in [-0.05, 0) is 60.5 Å². The van der Waals surface area contributed by atoms with Gasteiger partial charge in [0.15, 0.2) is 0 Å². The van der Waals surface area contributed by atoms with Gasteiger partial charge in [-0.2, -0.15) is 5.10 Å². The zero-order valence-corrected chi connectivity index (χ0v) is 25.6. The second kappa shape index (κ2) is 11.5. The van der Waals surface area contributed by atoms with E-state index < -0.39 is 23.1 Å². The molecule has 0 saturated heterocycles. The lowest BCUT2D eigenvalue weighted by Crippen LogP contribution is -2.39. The van der Waals surface area contributed by atoms with E-state index >= 15 is 4.39 Å². The van der Waals surface area contributed by atoms with Gasteiger partial charge in [0.05, 0.1) is 35.0 Å². The van der Waals surface area contributed by atoms with Crippen LogP contribution in [0.25, 0.3) is 43.9 Å². The minimum atomic E-state index is -0.861. The smallest absolute Gasteiger partial charge is 0.243 e. The molecule has 9 nitrogen and oxygen atoms in total. The van der Waals surface area contributed by atoms with Crippen LogP contribution in [-0.4, -0.2) is 45.3 Å². The number of aromatic amines is 1. The van der Waals surface area contributed by atoms with Gasteiger partial charge < -0.3 is 20.5 Å². The summed E-state index contributed by atoms with van der Waals surface area (Å²) < 4.78 is 36.7. The lowest BCUT2D eigenvalue weighted by atomic mass is 9.85. The summed E-state index contributed by atoms with van der Waals surface area (Å²) in [6.45, 7) is 5.15. The molecule has 2 aliphatic rings. The summed E-state index contributed by atoms with van der Waals surface area (Å²) in [6.07, 6.45) is 2.80. The van der Waals surface area contributed by atoms with Gasteiger partial charge >= 0.3 is 0 Å². The van der Waals surface area contributed by atoms with E-state index in [-0.39, 0.29) is 36.3 Å². The predicted octanol–water partition coefficient (Wildman–Crippen LogP) is 5.69. The van der Waals surface area contributed by atoms with Gasteiger partial charge in [0.2, 0.25) is 11.8 Å². The number of nitrogens with zero attached hydrogens (tertiary/aromatic N) is 2. The zero-order chi connectivity index (χ0) is 32.2. The number of carbonyl (C=O) groups is 2. The minimum absolute atomic E-state index is 0.0160. The molecular formula is C34H29F2N5O4S. The van der Waals surface area contributed by atoms with Crippen molar-refractivity contribution in [3.8, 4) is 39.5 Å². The molecule has 0 unspecified atom stereocenters. The van der Waals surface area contributed by atoms with Crippen LogP contribution in [0.4, 0.5) is 8.78 Å². The van der Waals surface area contributed by atoms with Crippen molar-refractivity contribution in [1.29, 1.82) is 0 Å². The summed E-state index contributed by atoms with van der Waals surface area (Å²) in [5.41, 5.74) is 4.59. The molecule has 1 saturated carbocycles. The van der Waals surface area contributed by atoms with Gasteiger partial charge in [-0.1, -0.05) is 18.7 Å². The second-order valence-electron chi connectivity index (χ2n) is 11.5. The Hall–Kier alpha value is -4.94. The summed E-state index contributed by atoms with van der Waals surface area (Å²) in [5, 5.41) is 25.3. The topological polar surface area (TPSA) is 129 Å². The number of aliphatic hydroxyl groups excluding tert-OH is 1. The maximum absolute atomic E-state index is 15.9. The fourth-order valence-corrected chi connectivity index (χ4v) is 7.15. The highest BCUT2D eigenvalue weighted by atomic mass is 32.1. The lowest BCUT2D eigenvalue weighted by Gasteiger charge is -2.26. The van der Waals surface area contributed by atoms with Gasteiger partial charge in [0.1, 0.15) is 35.4 Å². The lowest BCUT2D eigenvalue weighted by molar-refractivity contribution is -0.124. The average Bonchev–Trinajstić information content (AvgIpc) is 3.42. The first-order chi connectivity index (χ1) is 22.2. The first kappa shape index (κ1) is 29.8. The van der Waals surface area contributed by atoms with Crippen molar-refractivity contribution in [2.75, 3.05) is 13.2 Å². The van der Waals surface area contributed by atoms with Crippen molar-refractivity contribution in [1.82, 2.24) is 25.8 Å². The number of ether oxygens (including phenoxy) is 1. The number of carbonyl (C=O) groups excluding carboxylic acids is 2. The monoisotopic (exact) mass is 641 g/mol. The van der Waals surface area contributed by atoms with Gasteiger partial charge in [0.25, 0.3) is 0 Å². The molecule has 1 spiro atoms. The average molecular weight is 642 g/mol. The normalized spacial score (nSPS) is 15.3. The molecule has 1 aliphatic carbocycles. The predicted molar refractivity (Wildman–Crippen MR) is 170 cm³/mol. The van der Waals surface area contributed by atoms with Crippen LogP contribution in [0.15, 0.2) is 60.5 Å². The Labute approximate surface area is 266 Å². The first-order valence-electron chi connectivity index (χ1n) is 14.8. The number of hydrogen-bond acceptors (Lipinski definition) is 7. The van der Waals surface area contributed by atoms with E-state index in [1.165, 1.54) is 17.4 Å². The van der Waals surface area contributed by atoms with Crippen LogP contribution < -0.4 is 15.4 Å². The van der Waals surface area contributed by atoms with E-state index in [0.29, 0.717) is 39.6 Å². The summed E-state index contributed by atoms with van der Waals surface area (Å²) >= 11 is 1.37. The molecule has 5 aromatic rings. The van der Waals surface area contributed by atoms with Gasteiger partial charge in [-0.3, -0.25) is 14.7 Å². The number of pyridine rings is 1. The van der Waals surface area contributed by atoms with Crippen LogP contribution in [0.3, 0.4) is 0 Å². The van der Waals surface area contributed by atoms with E-state index in [0.717, 1.165) is 47.1 Å². The summed E-state index contributed by atoms with van der Waals surface area (Å²) in [7, 11) is 0. The molecule has 0 radical (unpaired) electrons. The molecular weight excluding hydrogens is 612 g/mol. The molecule has 46 heavy (non-hydrogen) atoms. The number of thiophene rings is 1. The largest absolute Gasteiger partial charge is 0.490 e. The highest BCUT2D eigenvalue weighted by Gasteiger charge is 2.53. The molecule has 1 fully saturated rings. The number of fused-ring (bicyclic) bond motifs is 3. The Balaban J connectivity index is 1.46. The van der Waals surface area contributed by atoms with Crippen molar-refractivity contribution < 1.29 is 28.2 Å². The third-order valence-electron chi connectivity index (χ3n) is 8.59. The van der Waals surface area contributed by atoms with Crippen molar-refractivity contribution in [3.05, 3.63) is 89.0 Å². The van der Waals surface area contributed by atoms with E-state index in [4.69, 9.17) is 9.72 Å². The molecule has 0 bridgehead atoms. The highest BCUT2D eigenvalue weighted by Crippen LogP contribution is 2.52. The maximum atomic E-state index is 15.9. The van der Waals surface area contributed by atoms with E-state index in [1.807, 2.05) is 29.6 Å². The van der Waals surface area contributed by atoms with Crippen LogP contribution in [0.2, 0.25) is 0 Å². The van der Waals surface area contributed by atoms with Crippen molar-refractivity contribution >= 4 is 33.2 Å². The molecule has 2 aromatic carbocycles. The summed E-state index contributed by atoms with van der Waals surface area (Å²) in [4.78, 5) is 29.7. The van der Waals surface area contributed by atoms with Gasteiger partial charge in [0, 0.05) is 39.9 Å². The Morgan fingerprint density at radius 3 is 2.78 bits per heavy atom. The fraction of sp³-hybridized carbons (Fsp3) is 0.235. The molecule has 234 valence electrons. The van der Waals surface area contributed by atoms with Crippen LogP contribution in [0.1, 0.15) is 42.6 Å². The molecule has 1 atom stereocenters. The van der Waals surface area contributed by atoms with Crippen molar-refractivity contribution in [3.63, 3.8) is 0 Å². The van der Waals surface area contributed by atoms with Crippen LogP contribution >= 0.6 is 11.3 Å². The number of aromatic nitrogens is 3. The standard InChI is InChI=1S/C34H29F2N5O4S/c1-3-27(43)38-17(2)24-15-25(41-40-24)31-29(28-23(36)13-20(35)14-26(28)45-10-9-42)32-21(6-11-46-32)30(39-31)18-4-5-22-19(12-18)16-37-33(44)34(22)7-8-34/h3-6,11-15,17,42H,1,7-10,16H2,2H3,(H,37,44)(H,38,43)(H,40,41)/t17-/m1/s1. The number of aliphatic hydroxyl groups is 1. The Morgan fingerprint density at radius 2 is 2.02 bits per heavy atom. The second-order valence-corrected chi connectivity index (χ2v) is 12.4. The third kappa shape index (κ3) is 4.94. The number of amides is 2. The number of hydrogen-bond donors (Lipinski definition) is 4. The molecule has 2 amide bonds. The maximum Gasteiger partial charge on any atom is 0.243 e. The van der Waals surface area contributed by atoms with Gasteiger partial charge in [-0.15, -0.1) is 11.3 Å². The third-order valence-corrected chi connectivity index (χ3v) is 9.53. The fourth-order valence-electron chi connectivity index (χ4n) is 6.20. The SMILES string of the molecule is C=CC(=O)N[C@H](C)c1cc(-c2nc(-c3ccc4c(c3)CNC(=O)C43CC3)c3ccsc3c2-c2c(F)cc(F)cc2OCCO)n[nH]1. The Morgan fingerprint density at radius 1 is 1.20 bits per heavy atom. The molecule has 1 aliphatic heterocycles. The van der Waals surface area contributed by atoms with E-state index in [1.54, 1.807) is 13.0 Å². The Bertz CT molecular complexity index is 2050. The van der Waals surface area contributed by atoms with Crippen LogP contribution in [-0.2, 0) is 21.5 Å². The first-order valence-corrected chi connectivity index (χ1v) is 15.7. The van der Waals surface area contributed by atoms with Crippen LogP contribution in [0.5, 0.6) is 5.75 Å². The summed E-state index contributed by atoms with van der Waals surface area (Å²) in [5.74, 6) is -2.07. The number of halogens is 2. The van der Waals surface area contributed by atoms with E-state index in [9.17, 15) is 19.1 Å². The number of rotatable bonds is 9. The number of H-pyrrole nitrogens is 1. The van der Waals surface area contributed by atoms with Crippen molar-refractivity contribution in [2.24, 2.45) is 0 Å². The van der Waals surface area contributed by atoms with Gasteiger partial charge in [-0.25, -0.2) is 13.8 Å². The van der Waals surface area contributed by atoms with E-state index in [2.05, 4.69) is 27.4 Å². The molecule has 12 heteroatoms. The van der Waals surface area contributed by atoms with Crippen LogP contribution in [0, 0.1) is 11.6 Å². The quantitative estimate of drug-likeness (QED) is 0.153. The Kier molecular flexibility index (Phi) is 7.41.